The smallest absolute Gasteiger partial charge is 0.356 e. The first-order valence-corrected chi connectivity index (χ1v) is 5.36. The lowest BCUT2D eigenvalue weighted by molar-refractivity contribution is 0.0594. The molecule has 18 heavy (non-hydrogen) atoms. The number of methoxy groups -OCH3 is 1. The van der Waals surface area contributed by atoms with Crippen molar-refractivity contribution in [3.8, 4) is 11.4 Å². The molecule has 1 aromatic heterocycles. The number of benzene rings is 1. The Morgan fingerprint density at radius 2 is 2.17 bits per heavy atom. The normalized spacial score (nSPS) is 10.2. The number of hydrogen-bond donors (Lipinski definition) is 0. The highest BCUT2D eigenvalue weighted by Crippen LogP contribution is 2.23. The van der Waals surface area contributed by atoms with Gasteiger partial charge in [-0.3, -0.25) is 0 Å². The number of hydrogen-bond acceptors (Lipinski definition) is 4. The summed E-state index contributed by atoms with van der Waals surface area (Å²) in [7, 11) is 1.24. The average molecular weight is 267 g/mol. The molecule has 2 rings (SSSR count). The molecule has 6 heteroatoms. The summed E-state index contributed by atoms with van der Waals surface area (Å²) in [4.78, 5) is 19.2. The minimum absolute atomic E-state index is 0.0573. The van der Waals surface area contributed by atoms with E-state index in [4.69, 9.17) is 11.6 Å². The van der Waals surface area contributed by atoms with Crippen LogP contribution in [0.1, 0.15) is 10.5 Å². The van der Waals surface area contributed by atoms with Gasteiger partial charge < -0.3 is 4.74 Å². The van der Waals surface area contributed by atoms with Gasteiger partial charge in [0.15, 0.2) is 11.5 Å². The zero-order valence-electron chi connectivity index (χ0n) is 9.35. The Morgan fingerprint density at radius 1 is 1.39 bits per heavy atom. The predicted molar refractivity (Wildman–Crippen MR) is 63.8 cm³/mol. The van der Waals surface area contributed by atoms with Crippen molar-refractivity contribution in [2.75, 3.05) is 7.11 Å². The maximum Gasteiger partial charge on any atom is 0.356 e. The molecule has 0 aliphatic rings. The highest BCUT2D eigenvalue weighted by Gasteiger charge is 2.13. The number of carbonyl (C=O) groups excluding carboxylic acids is 1. The molecular weight excluding hydrogens is 259 g/mol. The van der Waals surface area contributed by atoms with Crippen molar-refractivity contribution in [2.24, 2.45) is 0 Å². The van der Waals surface area contributed by atoms with E-state index < -0.39 is 11.8 Å². The van der Waals surface area contributed by atoms with Crippen molar-refractivity contribution in [3.05, 3.63) is 47.0 Å². The maximum absolute atomic E-state index is 13.6. The molecular formula is C12H8ClFN2O2. The van der Waals surface area contributed by atoms with Crippen LogP contribution in [0.3, 0.4) is 0 Å². The first-order chi connectivity index (χ1) is 8.61. The second-order valence-corrected chi connectivity index (χ2v) is 3.82. The third-order valence-corrected chi connectivity index (χ3v) is 2.45. The zero-order chi connectivity index (χ0) is 13.1. The van der Waals surface area contributed by atoms with Crippen molar-refractivity contribution >= 4 is 17.6 Å². The lowest BCUT2D eigenvalue weighted by Gasteiger charge is -2.04. The first-order valence-electron chi connectivity index (χ1n) is 4.98. The topological polar surface area (TPSA) is 52.1 Å². The van der Waals surface area contributed by atoms with Crippen molar-refractivity contribution < 1.29 is 13.9 Å². The standard InChI is InChI=1S/C12H8ClFN2O2/c1-18-12(17)10-4-5-15-11(16-10)8-6-7(13)2-3-9(8)14/h2-6H,1H3. The highest BCUT2D eigenvalue weighted by molar-refractivity contribution is 6.30. The summed E-state index contributed by atoms with van der Waals surface area (Å²) < 4.78 is 18.1. The van der Waals surface area contributed by atoms with Gasteiger partial charge in [-0.1, -0.05) is 11.6 Å². The molecule has 1 heterocycles. The van der Waals surface area contributed by atoms with Crippen LogP contribution in [-0.2, 0) is 4.74 Å². The molecule has 4 nitrogen and oxygen atoms in total. The van der Waals surface area contributed by atoms with Gasteiger partial charge in [-0.05, 0) is 24.3 Å². The van der Waals surface area contributed by atoms with E-state index in [-0.39, 0.29) is 17.1 Å². The Labute approximate surface area is 107 Å². The summed E-state index contributed by atoms with van der Waals surface area (Å²) in [5, 5.41) is 0.360. The second-order valence-electron chi connectivity index (χ2n) is 3.38. The quantitative estimate of drug-likeness (QED) is 0.784. The third kappa shape index (κ3) is 2.46. The van der Waals surface area contributed by atoms with E-state index in [1.807, 2.05) is 0 Å². The van der Waals surface area contributed by atoms with E-state index in [9.17, 15) is 9.18 Å². The molecule has 0 saturated heterocycles. The summed E-state index contributed by atoms with van der Waals surface area (Å²) in [5.74, 6) is -1.04. The Bertz CT molecular complexity index is 604. The second kappa shape index (κ2) is 5.10. The SMILES string of the molecule is COC(=O)c1ccnc(-c2cc(Cl)ccc2F)n1. The van der Waals surface area contributed by atoms with Crippen molar-refractivity contribution in [1.29, 1.82) is 0 Å². The molecule has 0 atom stereocenters. The van der Waals surface area contributed by atoms with Crippen molar-refractivity contribution in [3.63, 3.8) is 0 Å². The zero-order valence-corrected chi connectivity index (χ0v) is 10.1. The Kier molecular flexibility index (Phi) is 3.53. The van der Waals surface area contributed by atoms with Gasteiger partial charge in [-0.15, -0.1) is 0 Å². The van der Waals surface area contributed by atoms with Gasteiger partial charge in [-0.25, -0.2) is 19.2 Å². The molecule has 0 spiro atoms. The molecule has 0 N–H and O–H groups in total. The molecule has 0 unspecified atom stereocenters. The number of aromatic nitrogens is 2. The van der Waals surface area contributed by atoms with E-state index in [2.05, 4.69) is 14.7 Å². The maximum atomic E-state index is 13.6. The minimum Gasteiger partial charge on any atom is -0.464 e. The number of halogens is 2. The van der Waals surface area contributed by atoms with Crippen LogP contribution in [0.25, 0.3) is 11.4 Å². The average Bonchev–Trinajstić information content (AvgIpc) is 2.40. The molecule has 0 bridgehead atoms. The van der Waals surface area contributed by atoms with Crippen LogP contribution in [0.15, 0.2) is 30.5 Å². The van der Waals surface area contributed by atoms with Crippen LogP contribution < -0.4 is 0 Å². The van der Waals surface area contributed by atoms with E-state index in [0.29, 0.717) is 5.02 Å². The van der Waals surface area contributed by atoms with E-state index in [1.54, 1.807) is 0 Å². The van der Waals surface area contributed by atoms with Crippen molar-refractivity contribution in [1.82, 2.24) is 9.97 Å². The summed E-state index contributed by atoms with van der Waals surface area (Å²) >= 11 is 5.78. The van der Waals surface area contributed by atoms with E-state index in [1.165, 1.54) is 37.6 Å². The lowest BCUT2D eigenvalue weighted by atomic mass is 10.2. The summed E-state index contributed by atoms with van der Waals surface area (Å²) in [6, 6.07) is 5.42. The molecule has 92 valence electrons. The molecule has 1 aromatic carbocycles. The number of esters is 1. The minimum atomic E-state index is -0.610. The van der Waals surface area contributed by atoms with Gasteiger partial charge in [0, 0.05) is 11.2 Å². The molecule has 0 aliphatic carbocycles. The van der Waals surface area contributed by atoms with E-state index >= 15 is 0 Å². The number of ether oxygens (including phenoxy) is 1. The molecule has 0 saturated carbocycles. The monoisotopic (exact) mass is 266 g/mol. The lowest BCUT2D eigenvalue weighted by Crippen LogP contribution is -2.06. The molecule has 0 radical (unpaired) electrons. The molecule has 0 fully saturated rings. The number of rotatable bonds is 2. The molecule has 0 aliphatic heterocycles. The number of nitrogens with zero attached hydrogens (tertiary/aromatic N) is 2. The largest absolute Gasteiger partial charge is 0.464 e. The van der Waals surface area contributed by atoms with Gasteiger partial charge >= 0.3 is 5.97 Å². The molecule has 0 amide bonds. The third-order valence-electron chi connectivity index (χ3n) is 2.22. The van der Waals surface area contributed by atoms with Gasteiger partial charge in [0.05, 0.1) is 12.7 Å². The Balaban J connectivity index is 2.51. The molecule has 2 aromatic rings. The summed E-state index contributed by atoms with van der Waals surface area (Å²) in [5.41, 5.74) is 0.190. The van der Waals surface area contributed by atoms with Crippen LogP contribution in [-0.4, -0.2) is 23.0 Å². The van der Waals surface area contributed by atoms with Crippen molar-refractivity contribution in [2.45, 2.75) is 0 Å². The van der Waals surface area contributed by atoms with Gasteiger partial charge in [0.1, 0.15) is 5.82 Å². The van der Waals surface area contributed by atoms with Crippen LogP contribution in [0.4, 0.5) is 4.39 Å². The van der Waals surface area contributed by atoms with Crippen LogP contribution in [0.2, 0.25) is 5.02 Å². The van der Waals surface area contributed by atoms with Gasteiger partial charge in [-0.2, -0.15) is 0 Å². The van der Waals surface area contributed by atoms with Crippen LogP contribution in [0, 0.1) is 5.82 Å². The fourth-order valence-corrected chi connectivity index (χ4v) is 1.55. The summed E-state index contributed by atoms with van der Waals surface area (Å²) in [6.45, 7) is 0. The van der Waals surface area contributed by atoms with E-state index in [0.717, 1.165) is 0 Å². The highest BCUT2D eigenvalue weighted by atomic mass is 35.5. The number of carbonyl (C=O) groups is 1. The van der Waals surface area contributed by atoms with Crippen LogP contribution >= 0.6 is 11.6 Å². The first kappa shape index (κ1) is 12.4. The van der Waals surface area contributed by atoms with Gasteiger partial charge in [0.2, 0.25) is 0 Å². The fourth-order valence-electron chi connectivity index (χ4n) is 1.38. The summed E-state index contributed by atoms with van der Waals surface area (Å²) in [6.07, 6.45) is 1.36. The van der Waals surface area contributed by atoms with Gasteiger partial charge in [0.25, 0.3) is 0 Å². The van der Waals surface area contributed by atoms with Crippen LogP contribution in [0.5, 0.6) is 0 Å². The fraction of sp³-hybridized carbons (Fsp3) is 0.0833. The predicted octanol–water partition coefficient (Wildman–Crippen LogP) is 2.72. The Hall–Kier alpha value is -2.01. The Morgan fingerprint density at radius 3 is 2.89 bits per heavy atom.